The summed E-state index contributed by atoms with van der Waals surface area (Å²) in [6.45, 7) is 0. The van der Waals surface area contributed by atoms with E-state index in [4.69, 9.17) is 16.7 Å². The summed E-state index contributed by atoms with van der Waals surface area (Å²) in [5.74, 6) is -2.19. The van der Waals surface area contributed by atoms with Crippen LogP contribution >= 0.6 is 27.5 Å². The molecule has 13 heavy (non-hydrogen) atoms. The highest BCUT2D eigenvalue weighted by atomic mass is 79.9. The van der Waals surface area contributed by atoms with Crippen LogP contribution in [0.15, 0.2) is 12.1 Å². The van der Waals surface area contributed by atoms with Gasteiger partial charge in [-0.25, -0.2) is 9.18 Å². The topological polar surface area (TPSA) is 37.3 Å². The maximum atomic E-state index is 13.2. The van der Waals surface area contributed by atoms with Gasteiger partial charge in [0.15, 0.2) is 5.82 Å². The van der Waals surface area contributed by atoms with Crippen molar-refractivity contribution in [2.75, 3.05) is 0 Å². The van der Waals surface area contributed by atoms with Crippen molar-refractivity contribution in [2.24, 2.45) is 0 Å². The van der Waals surface area contributed by atoms with Crippen LogP contribution in [0.2, 0.25) is 5.02 Å². The molecule has 0 aliphatic carbocycles. The van der Waals surface area contributed by atoms with Gasteiger partial charge in [-0.2, -0.15) is 0 Å². The van der Waals surface area contributed by atoms with Crippen molar-refractivity contribution in [2.45, 2.75) is 5.33 Å². The van der Waals surface area contributed by atoms with E-state index in [-0.39, 0.29) is 15.9 Å². The lowest BCUT2D eigenvalue weighted by Crippen LogP contribution is -2.05. The number of hydrogen-bond acceptors (Lipinski definition) is 1. The van der Waals surface area contributed by atoms with Gasteiger partial charge < -0.3 is 5.11 Å². The number of rotatable bonds is 2. The van der Waals surface area contributed by atoms with E-state index in [1.54, 1.807) is 0 Å². The lowest BCUT2D eigenvalue weighted by molar-refractivity contribution is 0.0691. The van der Waals surface area contributed by atoms with E-state index < -0.39 is 11.8 Å². The number of benzene rings is 1. The van der Waals surface area contributed by atoms with Crippen molar-refractivity contribution in [3.8, 4) is 0 Å². The monoisotopic (exact) mass is 266 g/mol. The molecule has 0 saturated carbocycles. The summed E-state index contributed by atoms with van der Waals surface area (Å²) in [5, 5.41) is 8.78. The minimum atomic E-state index is -1.31. The standard InChI is InChI=1S/C8H5BrClFO2/c9-3-4-1-2-5(10)7(11)6(4)8(12)13/h1-2H,3H2,(H,12,13). The molecule has 0 amide bonds. The van der Waals surface area contributed by atoms with Crippen molar-refractivity contribution in [3.05, 3.63) is 34.1 Å². The zero-order valence-electron chi connectivity index (χ0n) is 6.35. The van der Waals surface area contributed by atoms with Crippen LogP contribution in [0.1, 0.15) is 15.9 Å². The summed E-state index contributed by atoms with van der Waals surface area (Å²) in [5.41, 5.74) is -0.00113. The predicted molar refractivity (Wildman–Crippen MR) is 51.0 cm³/mol. The maximum absolute atomic E-state index is 13.2. The first-order chi connectivity index (χ1) is 6.07. The normalized spacial score (nSPS) is 10.1. The molecule has 0 aliphatic heterocycles. The van der Waals surface area contributed by atoms with Crippen molar-refractivity contribution in [3.63, 3.8) is 0 Å². The molecule has 5 heteroatoms. The molecular weight excluding hydrogens is 262 g/mol. The van der Waals surface area contributed by atoms with Crippen LogP contribution in [0.25, 0.3) is 0 Å². The molecule has 0 bridgehead atoms. The van der Waals surface area contributed by atoms with Gasteiger partial charge in [0.25, 0.3) is 0 Å². The van der Waals surface area contributed by atoms with Crippen LogP contribution in [-0.4, -0.2) is 11.1 Å². The molecule has 1 aromatic rings. The zero-order valence-corrected chi connectivity index (χ0v) is 8.69. The average molecular weight is 267 g/mol. The van der Waals surface area contributed by atoms with Gasteiger partial charge in [-0.1, -0.05) is 33.6 Å². The first-order valence-electron chi connectivity index (χ1n) is 3.34. The number of carbonyl (C=O) groups is 1. The van der Waals surface area contributed by atoms with Gasteiger partial charge in [-0.3, -0.25) is 0 Å². The Balaban J connectivity index is 3.41. The number of hydrogen-bond donors (Lipinski definition) is 1. The SMILES string of the molecule is O=C(O)c1c(CBr)ccc(Cl)c1F. The van der Waals surface area contributed by atoms with Crippen molar-refractivity contribution in [1.82, 2.24) is 0 Å². The fourth-order valence-electron chi connectivity index (χ4n) is 0.933. The van der Waals surface area contributed by atoms with E-state index in [9.17, 15) is 9.18 Å². The van der Waals surface area contributed by atoms with E-state index in [1.165, 1.54) is 12.1 Å². The number of carboxylic acids is 1. The number of aromatic carboxylic acids is 1. The molecule has 0 saturated heterocycles. The quantitative estimate of drug-likeness (QED) is 0.836. The molecule has 2 nitrogen and oxygen atoms in total. The molecule has 0 aromatic heterocycles. The summed E-state index contributed by atoms with van der Waals surface area (Å²) in [6, 6.07) is 2.81. The Hall–Kier alpha value is -0.610. The van der Waals surface area contributed by atoms with Crippen LogP contribution in [0.4, 0.5) is 4.39 Å². The first kappa shape index (κ1) is 10.5. The van der Waals surface area contributed by atoms with Gasteiger partial charge in [0, 0.05) is 5.33 Å². The second-order valence-electron chi connectivity index (χ2n) is 2.33. The third-order valence-corrected chi connectivity index (χ3v) is 2.43. The molecule has 0 aliphatic rings. The first-order valence-corrected chi connectivity index (χ1v) is 4.84. The van der Waals surface area contributed by atoms with Gasteiger partial charge in [-0.05, 0) is 11.6 Å². The number of halogens is 3. The molecule has 1 aromatic carbocycles. The Kier molecular flexibility index (Phi) is 3.27. The largest absolute Gasteiger partial charge is 0.478 e. The molecule has 0 radical (unpaired) electrons. The summed E-state index contributed by atoms with van der Waals surface area (Å²) in [7, 11) is 0. The molecule has 0 fully saturated rings. The van der Waals surface area contributed by atoms with Crippen LogP contribution in [0.5, 0.6) is 0 Å². The third-order valence-electron chi connectivity index (χ3n) is 1.54. The highest BCUT2D eigenvalue weighted by molar-refractivity contribution is 9.08. The Morgan fingerprint density at radius 2 is 2.23 bits per heavy atom. The van der Waals surface area contributed by atoms with E-state index in [1.807, 2.05) is 0 Å². The highest BCUT2D eigenvalue weighted by Gasteiger charge is 2.17. The molecule has 0 spiro atoms. The molecule has 0 heterocycles. The summed E-state index contributed by atoms with van der Waals surface area (Å²) in [4.78, 5) is 10.6. The second-order valence-corrected chi connectivity index (χ2v) is 3.30. The molecule has 0 unspecified atom stereocenters. The smallest absolute Gasteiger partial charge is 0.339 e. The van der Waals surface area contributed by atoms with Crippen molar-refractivity contribution >= 4 is 33.5 Å². The van der Waals surface area contributed by atoms with Gasteiger partial charge in [0.2, 0.25) is 0 Å². The molecule has 1 N–H and O–H groups in total. The Morgan fingerprint density at radius 1 is 1.62 bits per heavy atom. The van der Waals surface area contributed by atoms with Gasteiger partial charge in [0.05, 0.1) is 5.02 Å². The van der Waals surface area contributed by atoms with Crippen molar-refractivity contribution < 1.29 is 14.3 Å². The van der Waals surface area contributed by atoms with Gasteiger partial charge in [0.1, 0.15) is 5.56 Å². The molecule has 0 atom stereocenters. The van der Waals surface area contributed by atoms with E-state index in [0.717, 1.165) is 0 Å². The van der Waals surface area contributed by atoms with E-state index >= 15 is 0 Å². The minimum absolute atomic E-state index is 0.179. The average Bonchev–Trinajstić information content (AvgIpc) is 2.08. The molecule has 70 valence electrons. The maximum Gasteiger partial charge on any atom is 0.339 e. The molecule has 1 rings (SSSR count). The summed E-state index contributed by atoms with van der Waals surface area (Å²) >= 11 is 8.50. The summed E-state index contributed by atoms with van der Waals surface area (Å²) < 4.78 is 13.2. The Morgan fingerprint density at radius 3 is 2.69 bits per heavy atom. The van der Waals surface area contributed by atoms with Crippen LogP contribution in [0.3, 0.4) is 0 Å². The lowest BCUT2D eigenvalue weighted by Gasteiger charge is -2.04. The minimum Gasteiger partial charge on any atom is -0.478 e. The molecular formula is C8H5BrClFO2. The Bertz CT molecular complexity index is 354. The van der Waals surface area contributed by atoms with Gasteiger partial charge >= 0.3 is 5.97 Å². The number of carboxylic acid groups (broad SMARTS) is 1. The third kappa shape index (κ3) is 2.00. The zero-order chi connectivity index (χ0) is 10.0. The van der Waals surface area contributed by atoms with Crippen LogP contribution in [0, 0.1) is 5.82 Å². The predicted octanol–water partition coefficient (Wildman–Crippen LogP) is 3.07. The Labute approximate surface area is 87.5 Å². The van der Waals surface area contributed by atoms with Crippen molar-refractivity contribution in [1.29, 1.82) is 0 Å². The lowest BCUT2D eigenvalue weighted by atomic mass is 10.1. The fraction of sp³-hybridized carbons (Fsp3) is 0.125. The second kappa shape index (κ2) is 4.07. The van der Waals surface area contributed by atoms with Crippen LogP contribution < -0.4 is 0 Å². The highest BCUT2D eigenvalue weighted by Crippen LogP contribution is 2.23. The van der Waals surface area contributed by atoms with Crippen LogP contribution in [-0.2, 0) is 5.33 Å². The van der Waals surface area contributed by atoms with E-state index in [0.29, 0.717) is 5.56 Å². The van der Waals surface area contributed by atoms with E-state index in [2.05, 4.69) is 15.9 Å². The fourth-order valence-corrected chi connectivity index (χ4v) is 1.56. The number of alkyl halides is 1. The van der Waals surface area contributed by atoms with Gasteiger partial charge in [-0.15, -0.1) is 0 Å². The summed E-state index contributed by atoms with van der Waals surface area (Å²) in [6.07, 6.45) is 0.